The highest BCUT2D eigenvalue weighted by Gasteiger charge is 2.26. The van der Waals surface area contributed by atoms with Gasteiger partial charge in [0.2, 0.25) is 5.78 Å². The SMILES string of the molecule is CCCNC1=CC(=O)c2c(/C=C/C(=O)OC)cccc2C1=O. The molecule has 0 aliphatic heterocycles. The van der Waals surface area contributed by atoms with Crippen LogP contribution >= 0.6 is 0 Å². The molecule has 0 aromatic heterocycles. The summed E-state index contributed by atoms with van der Waals surface area (Å²) in [6.45, 7) is 2.61. The summed E-state index contributed by atoms with van der Waals surface area (Å²) in [6.07, 6.45) is 4.87. The lowest BCUT2D eigenvalue weighted by atomic mass is 9.88. The second-order valence-electron chi connectivity index (χ2n) is 4.80. The first-order valence-electron chi connectivity index (χ1n) is 7.02. The van der Waals surface area contributed by atoms with Crippen LogP contribution in [0.25, 0.3) is 6.08 Å². The Morgan fingerprint density at radius 3 is 2.77 bits per heavy atom. The van der Waals surface area contributed by atoms with Crippen molar-refractivity contribution in [2.75, 3.05) is 13.7 Å². The molecule has 0 unspecified atom stereocenters. The van der Waals surface area contributed by atoms with Crippen LogP contribution in [0.3, 0.4) is 0 Å². The second kappa shape index (κ2) is 6.85. The summed E-state index contributed by atoms with van der Waals surface area (Å²) in [7, 11) is 1.27. The summed E-state index contributed by atoms with van der Waals surface area (Å²) in [5.74, 6) is -0.984. The number of ketones is 2. The first kappa shape index (κ1) is 15.7. The van der Waals surface area contributed by atoms with E-state index in [1.807, 2.05) is 6.92 Å². The number of hydrogen-bond acceptors (Lipinski definition) is 5. The van der Waals surface area contributed by atoms with Gasteiger partial charge in [0.1, 0.15) is 0 Å². The molecule has 1 aliphatic carbocycles. The normalized spacial score (nSPS) is 13.8. The van der Waals surface area contributed by atoms with Crippen LogP contribution in [0, 0.1) is 0 Å². The summed E-state index contributed by atoms with van der Waals surface area (Å²) in [5.41, 5.74) is 1.49. The van der Waals surface area contributed by atoms with Gasteiger partial charge in [0.25, 0.3) is 0 Å². The Hall–Kier alpha value is -2.69. The average Bonchev–Trinajstić information content (AvgIpc) is 2.54. The van der Waals surface area contributed by atoms with Gasteiger partial charge in [-0.25, -0.2) is 4.79 Å². The van der Waals surface area contributed by atoms with E-state index in [1.54, 1.807) is 18.2 Å². The molecule has 1 aromatic carbocycles. The van der Waals surface area contributed by atoms with E-state index in [9.17, 15) is 14.4 Å². The summed E-state index contributed by atoms with van der Waals surface area (Å²) in [4.78, 5) is 35.9. The van der Waals surface area contributed by atoms with E-state index in [0.29, 0.717) is 28.9 Å². The zero-order chi connectivity index (χ0) is 16.1. The summed E-state index contributed by atoms with van der Waals surface area (Å²) in [6, 6.07) is 4.98. The Balaban J connectivity index is 2.40. The zero-order valence-electron chi connectivity index (χ0n) is 12.5. The Morgan fingerprint density at radius 2 is 2.09 bits per heavy atom. The van der Waals surface area contributed by atoms with Gasteiger partial charge >= 0.3 is 5.97 Å². The van der Waals surface area contributed by atoms with Gasteiger partial charge in [-0.05, 0) is 18.1 Å². The number of hydrogen-bond donors (Lipinski definition) is 1. The number of nitrogens with one attached hydrogen (secondary N) is 1. The number of esters is 1. The molecule has 0 saturated carbocycles. The van der Waals surface area contributed by atoms with Crippen molar-refractivity contribution in [2.24, 2.45) is 0 Å². The number of benzene rings is 1. The summed E-state index contributed by atoms with van der Waals surface area (Å²) >= 11 is 0. The molecule has 0 atom stereocenters. The molecule has 1 aromatic rings. The van der Waals surface area contributed by atoms with Crippen molar-refractivity contribution in [1.82, 2.24) is 5.32 Å². The molecule has 0 fully saturated rings. The second-order valence-corrected chi connectivity index (χ2v) is 4.80. The van der Waals surface area contributed by atoms with Crippen LogP contribution in [-0.4, -0.2) is 31.2 Å². The lowest BCUT2D eigenvalue weighted by molar-refractivity contribution is -0.134. The largest absolute Gasteiger partial charge is 0.466 e. The molecule has 0 bridgehead atoms. The maximum Gasteiger partial charge on any atom is 0.330 e. The average molecular weight is 299 g/mol. The number of carbonyl (C=O) groups is 3. The van der Waals surface area contributed by atoms with Gasteiger partial charge in [-0.2, -0.15) is 0 Å². The van der Waals surface area contributed by atoms with Gasteiger partial charge in [-0.3, -0.25) is 9.59 Å². The monoisotopic (exact) mass is 299 g/mol. The standard InChI is InChI=1S/C17H17NO4/c1-3-9-18-13-10-14(19)16-11(7-8-15(20)22-2)5-4-6-12(16)17(13)21/h4-8,10,18H,3,9H2,1-2H3/b8-7+. The van der Waals surface area contributed by atoms with Crippen molar-refractivity contribution < 1.29 is 19.1 Å². The van der Waals surface area contributed by atoms with Crippen LogP contribution in [0.4, 0.5) is 0 Å². The van der Waals surface area contributed by atoms with Gasteiger partial charge in [-0.1, -0.05) is 25.1 Å². The number of fused-ring (bicyclic) bond motifs is 1. The third-order valence-electron chi connectivity index (χ3n) is 3.27. The number of carbonyl (C=O) groups excluding carboxylic acids is 3. The van der Waals surface area contributed by atoms with Crippen molar-refractivity contribution in [3.05, 3.63) is 52.7 Å². The molecule has 1 aliphatic rings. The van der Waals surface area contributed by atoms with Crippen molar-refractivity contribution >= 4 is 23.6 Å². The highest BCUT2D eigenvalue weighted by molar-refractivity contribution is 6.25. The first-order chi connectivity index (χ1) is 10.6. The summed E-state index contributed by atoms with van der Waals surface area (Å²) < 4.78 is 4.53. The lowest BCUT2D eigenvalue weighted by Crippen LogP contribution is -2.27. The fraction of sp³-hybridized carbons (Fsp3) is 0.235. The maximum atomic E-state index is 12.4. The predicted molar refractivity (Wildman–Crippen MR) is 82.5 cm³/mol. The molecule has 0 saturated heterocycles. The minimum atomic E-state index is -0.520. The van der Waals surface area contributed by atoms with E-state index in [0.717, 1.165) is 6.42 Å². The number of allylic oxidation sites excluding steroid dienone is 2. The van der Waals surface area contributed by atoms with Gasteiger partial charge < -0.3 is 10.1 Å². The highest BCUT2D eigenvalue weighted by atomic mass is 16.5. The molecule has 0 amide bonds. The Kier molecular flexibility index (Phi) is 4.88. The first-order valence-corrected chi connectivity index (χ1v) is 7.02. The van der Waals surface area contributed by atoms with Crippen LogP contribution in [0.15, 0.2) is 36.0 Å². The molecule has 114 valence electrons. The van der Waals surface area contributed by atoms with Crippen molar-refractivity contribution in [2.45, 2.75) is 13.3 Å². The zero-order valence-corrected chi connectivity index (χ0v) is 12.5. The number of rotatable bonds is 5. The number of methoxy groups -OCH3 is 1. The van der Waals surface area contributed by atoms with Crippen molar-refractivity contribution in [3.8, 4) is 0 Å². The van der Waals surface area contributed by atoms with Gasteiger partial charge in [0.15, 0.2) is 5.78 Å². The van der Waals surface area contributed by atoms with Gasteiger partial charge in [0, 0.05) is 29.8 Å². The van der Waals surface area contributed by atoms with Gasteiger partial charge in [0.05, 0.1) is 12.8 Å². The minimum absolute atomic E-state index is 0.212. The van der Waals surface area contributed by atoms with E-state index in [1.165, 1.54) is 25.3 Å². The maximum absolute atomic E-state index is 12.4. The van der Waals surface area contributed by atoms with E-state index < -0.39 is 5.97 Å². The fourth-order valence-electron chi connectivity index (χ4n) is 2.20. The van der Waals surface area contributed by atoms with E-state index in [4.69, 9.17) is 0 Å². The third kappa shape index (κ3) is 3.14. The number of Topliss-reactive ketones (excluding diaryl/α,β-unsaturated/α-hetero) is 1. The molecular formula is C17H17NO4. The quantitative estimate of drug-likeness (QED) is 0.666. The molecule has 5 heteroatoms. The van der Waals surface area contributed by atoms with E-state index in [-0.39, 0.29) is 11.6 Å². The summed E-state index contributed by atoms with van der Waals surface area (Å²) in [5, 5.41) is 2.97. The smallest absolute Gasteiger partial charge is 0.330 e. The van der Waals surface area contributed by atoms with E-state index >= 15 is 0 Å². The van der Waals surface area contributed by atoms with Crippen LogP contribution in [0.1, 0.15) is 39.6 Å². The molecule has 1 N–H and O–H groups in total. The predicted octanol–water partition coefficient (Wildman–Crippen LogP) is 2.14. The van der Waals surface area contributed by atoms with Gasteiger partial charge in [-0.15, -0.1) is 0 Å². The molecular weight excluding hydrogens is 282 g/mol. The van der Waals surface area contributed by atoms with Crippen LogP contribution < -0.4 is 5.32 Å². The molecule has 5 nitrogen and oxygen atoms in total. The molecule has 22 heavy (non-hydrogen) atoms. The molecule has 0 spiro atoms. The fourth-order valence-corrected chi connectivity index (χ4v) is 2.20. The van der Waals surface area contributed by atoms with Crippen molar-refractivity contribution in [3.63, 3.8) is 0 Å². The third-order valence-corrected chi connectivity index (χ3v) is 3.27. The molecule has 0 radical (unpaired) electrons. The van der Waals surface area contributed by atoms with Crippen LogP contribution in [0.5, 0.6) is 0 Å². The van der Waals surface area contributed by atoms with Crippen molar-refractivity contribution in [1.29, 1.82) is 0 Å². The van der Waals surface area contributed by atoms with Crippen LogP contribution in [-0.2, 0) is 9.53 Å². The van der Waals surface area contributed by atoms with Crippen LogP contribution in [0.2, 0.25) is 0 Å². The number of ether oxygens (including phenoxy) is 1. The molecule has 2 rings (SSSR count). The highest BCUT2D eigenvalue weighted by Crippen LogP contribution is 2.24. The Labute approximate surface area is 128 Å². The topological polar surface area (TPSA) is 72.5 Å². The van der Waals surface area contributed by atoms with E-state index in [2.05, 4.69) is 10.1 Å². The Morgan fingerprint density at radius 1 is 1.32 bits per heavy atom. The Bertz CT molecular complexity index is 686. The lowest BCUT2D eigenvalue weighted by Gasteiger charge is -2.17. The minimum Gasteiger partial charge on any atom is -0.466 e. The molecule has 0 heterocycles.